The second-order valence-electron chi connectivity index (χ2n) is 4.76. The molecule has 3 aromatic heterocycles. The van der Waals surface area contributed by atoms with Crippen molar-refractivity contribution in [1.82, 2.24) is 29.9 Å². The third-order valence-electron chi connectivity index (χ3n) is 3.44. The Labute approximate surface area is 130 Å². The fourth-order valence-corrected chi connectivity index (χ4v) is 2.30. The van der Waals surface area contributed by atoms with E-state index in [1.165, 1.54) is 0 Å². The SMILES string of the molecule is COc1ccc(-c2cnnn2-c2nonc2-n2cccc2)cc1. The van der Waals surface area contributed by atoms with Gasteiger partial charge in [-0.2, -0.15) is 4.68 Å². The molecule has 0 N–H and O–H groups in total. The zero-order valence-corrected chi connectivity index (χ0v) is 12.2. The Balaban J connectivity index is 1.80. The predicted octanol–water partition coefficient (Wildman–Crippen LogP) is 2.12. The molecule has 4 aromatic rings. The van der Waals surface area contributed by atoms with Gasteiger partial charge in [0, 0.05) is 18.0 Å². The number of rotatable bonds is 4. The third-order valence-corrected chi connectivity index (χ3v) is 3.44. The van der Waals surface area contributed by atoms with Crippen molar-refractivity contribution in [2.75, 3.05) is 7.11 Å². The van der Waals surface area contributed by atoms with Gasteiger partial charge < -0.3 is 9.30 Å². The maximum atomic E-state index is 5.18. The number of aromatic nitrogens is 6. The Morgan fingerprint density at radius 1 is 1.00 bits per heavy atom. The maximum Gasteiger partial charge on any atom is 0.245 e. The third kappa shape index (κ3) is 2.26. The van der Waals surface area contributed by atoms with Crippen LogP contribution >= 0.6 is 0 Å². The summed E-state index contributed by atoms with van der Waals surface area (Å²) in [6.07, 6.45) is 5.37. The summed E-state index contributed by atoms with van der Waals surface area (Å²) < 4.78 is 13.5. The van der Waals surface area contributed by atoms with Crippen LogP contribution in [0.3, 0.4) is 0 Å². The van der Waals surface area contributed by atoms with E-state index >= 15 is 0 Å². The maximum absolute atomic E-state index is 5.18. The highest BCUT2D eigenvalue weighted by molar-refractivity contribution is 5.62. The predicted molar refractivity (Wildman–Crippen MR) is 80.5 cm³/mol. The molecule has 0 aliphatic carbocycles. The molecule has 4 rings (SSSR count). The van der Waals surface area contributed by atoms with Crippen molar-refractivity contribution in [2.45, 2.75) is 0 Å². The van der Waals surface area contributed by atoms with Gasteiger partial charge in [0.05, 0.1) is 19.0 Å². The first-order chi connectivity index (χ1) is 11.4. The van der Waals surface area contributed by atoms with Gasteiger partial charge >= 0.3 is 0 Å². The van der Waals surface area contributed by atoms with Gasteiger partial charge in [-0.25, -0.2) is 4.63 Å². The van der Waals surface area contributed by atoms with Crippen LogP contribution in [0.5, 0.6) is 5.75 Å². The molecule has 114 valence electrons. The summed E-state index contributed by atoms with van der Waals surface area (Å²) in [7, 11) is 1.63. The van der Waals surface area contributed by atoms with E-state index in [1.807, 2.05) is 48.8 Å². The van der Waals surface area contributed by atoms with Crippen LogP contribution < -0.4 is 4.74 Å². The molecule has 0 saturated heterocycles. The molecule has 0 fully saturated rings. The van der Waals surface area contributed by atoms with Crippen molar-refractivity contribution < 1.29 is 9.37 Å². The van der Waals surface area contributed by atoms with Gasteiger partial charge in [-0.3, -0.25) is 0 Å². The van der Waals surface area contributed by atoms with Crippen LogP contribution in [0.25, 0.3) is 22.9 Å². The van der Waals surface area contributed by atoms with Crippen LogP contribution in [0.15, 0.2) is 59.6 Å². The van der Waals surface area contributed by atoms with Gasteiger partial charge in [0.1, 0.15) is 5.75 Å². The smallest absolute Gasteiger partial charge is 0.245 e. The lowest BCUT2D eigenvalue weighted by molar-refractivity contribution is 0.304. The van der Waals surface area contributed by atoms with Crippen molar-refractivity contribution in [2.24, 2.45) is 0 Å². The zero-order valence-electron chi connectivity index (χ0n) is 12.2. The summed E-state index contributed by atoms with van der Waals surface area (Å²) >= 11 is 0. The van der Waals surface area contributed by atoms with Gasteiger partial charge in [0.2, 0.25) is 11.6 Å². The van der Waals surface area contributed by atoms with Crippen molar-refractivity contribution in [3.63, 3.8) is 0 Å². The highest BCUT2D eigenvalue weighted by Crippen LogP contribution is 2.25. The highest BCUT2D eigenvalue weighted by atomic mass is 16.6. The van der Waals surface area contributed by atoms with Crippen LogP contribution in [-0.4, -0.2) is 37.0 Å². The number of nitrogens with zero attached hydrogens (tertiary/aromatic N) is 6. The molecule has 0 radical (unpaired) electrons. The molecule has 0 amide bonds. The van der Waals surface area contributed by atoms with E-state index in [0.717, 1.165) is 17.0 Å². The van der Waals surface area contributed by atoms with Crippen LogP contribution in [-0.2, 0) is 0 Å². The first kappa shape index (κ1) is 13.3. The molecule has 0 unspecified atom stereocenters. The lowest BCUT2D eigenvalue weighted by atomic mass is 10.1. The second kappa shape index (κ2) is 5.41. The average molecular weight is 308 g/mol. The van der Waals surface area contributed by atoms with Crippen molar-refractivity contribution in [3.8, 4) is 28.6 Å². The molecule has 0 spiro atoms. The molecule has 8 nitrogen and oxygen atoms in total. The number of methoxy groups -OCH3 is 1. The molecule has 0 bridgehead atoms. The van der Waals surface area contributed by atoms with Gasteiger partial charge in [0.25, 0.3) is 0 Å². The first-order valence-corrected chi connectivity index (χ1v) is 6.88. The second-order valence-corrected chi connectivity index (χ2v) is 4.76. The van der Waals surface area contributed by atoms with E-state index in [9.17, 15) is 0 Å². The Bertz CT molecular complexity index is 908. The van der Waals surface area contributed by atoms with Crippen molar-refractivity contribution in [1.29, 1.82) is 0 Å². The van der Waals surface area contributed by atoms with E-state index in [0.29, 0.717) is 11.6 Å². The van der Waals surface area contributed by atoms with E-state index in [-0.39, 0.29) is 0 Å². The molecular weight excluding hydrogens is 296 g/mol. The monoisotopic (exact) mass is 308 g/mol. The molecule has 0 atom stereocenters. The highest BCUT2D eigenvalue weighted by Gasteiger charge is 2.18. The fraction of sp³-hybridized carbons (Fsp3) is 0.0667. The molecule has 0 aliphatic rings. The lowest BCUT2D eigenvalue weighted by Gasteiger charge is -2.05. The molecule has 3 heterocycles. The van der Waals surface area contributed by atoms with Crippen molar-refractivity contribution in [3.05, 3.63) is 55.0 Å². The van der Waals surface area contributed by atoms with Crippen LogP contribution in [0.1, 0.15) is 0 Å². The molecule has 0 saturated carbocycles. The van der Waals surface area contributed by atoms with Gasteiger partial charge in [-0.1, -0.05) is 5.21 Å². The Kier molecular flexibility index (Phi) is 3.12. The quantitative estimate of drug-likeness (QED) is 0.574. The summed E-state index contributed by atoms with van der Waals surface area (Å²) in [6.45, 7) is 0. The largest absolute Gasteiger partial charge is 0.497 e. The van der Waals surface area contributed by atoms with Crippen LogP contribution in [0.4, 0.5) is 0 Å². The fourth-order valence-electron chi connectivity index (χ4n) is 2.30. The minimum absolute atomic E-state index is 0.463. The summed E-state index contributed by atoms with van der Waals surface area (Å²) in [6, 6.07) is 11.4. The lowest BCUT2D eigenvalue weighted by Crippen LogP contribution is -2.04. The normalized spacial score (nSPS) is 10.8. The average Bonchev–Trinajstić information content (AvgIpc) is 3.33. The minimum Gasteiger partial charge on any atom is -0.497 e. The number of benzene rings is 1. The van der Waals surface area contributed by atoms with Crippen molar-refractivity contribution >= 4 is 0 Å². The molecule has 0 aliphatic heterocycles. The summed E-state index contributed by atoms with van der Waals surface area (Å²) in [5.74, 6) is 1.78. The molecule has 1 aromatic carbocycles. The first-order valence-electron chi connectivity index (χ1n) is 6.88. The van der Waals surface area contributed by atoms with Gasteiger partial charge in [-0.15, -0.1) is 5.10 Å². The van der Waals surface area contributed by atoms with Crippen LogP contribution in [0.2, 0.25) is 0 Å². The summed E-state index contributed by atoms with van der Waals surface area (Å²) in [5.41, 5.74) is 1.70. The molecule has 8 heteroatoms. The van der Waals surface area contributed by atoms with E-state index < -0.39 is 0 Å². The van der Waals surface area contributed by atoms with E-state index in [1.54, 1.807) is 22.6 Å². The van der Waals surface area contributed by atoms with Gasteiger partial charge in [-0.05, 0) is 46.7 Å². The van der Waals surface area contributed by atoms with Gasteiger partial charge in [0.15, 0.2) is 0 Å². The van der Waals surface area contributed by atoms with E-state index in [4.69, 9.17) is 9.37 Å². The Hall–Kier alpha value is -3.42. The summed E-state index contributed by atoms with van der Waals surface area (Å²) in [5, 5.41) is 16.0. The number of ether oxygens (including phenoxy) is 1. The number of hydrogen-bond donors (Lipinski definition) is 0. The Morgan fingerprint density at radius 3 is 2.48 bits per heavy atom. The topological polar surface area (TPSA) is 83.8 Å². The van der Waals surface area contributed by atoms with Crippen LogP contribution in [0, 0.1) is 0 Å². The Morgan fingerprint density at radius 2 is 1.74 bits per heavy atom. The molecular formula is C15H12N6O2. The minimum atomic E-state index is 0.463. The van der Waals surface area contributed by atoms with E-state index in [2.05, 4.69) is 20.6 Å². The number of hydrogen-bond acceptors (Lipinski definition) is 6. The summed E-state index contributed by atoms with van der Waals surface area (Å²) in [4.78, 5) is 0. The zero-order chi connectivity index (χ0) is 15.6. The standard InChI is InChI=1S/C15H12N6O2/c1-22-12-6-4-11(5-7-12)13-10-16-19-21(13)15-14(17-23-18-15)20-8-2-3-9-20/h2-10H,1H3. The molecule has 23 heavy (non-hydrogen) atoms.